The molecule has 4 rings (SSSR count). The van der Waals surface area contributed by atoms with Gasteiger partial charge in [0.25, 0.3) is 0 Å². The van der Waals surface area contributed by atoms with E-state index in [4.69, 9.17) is 9.47 Å². The first-order chi connectivity index (χ1) is 15.9. The highest BCUT2D eigenvalue weighted by atomic mass is 79.9. The molecule has 0 amide bonds. The van der Waals surface area contributed by atoms with Gasteiger partial charge in [0.15, 0.2) is 5.82 Å². The SMILES string of the molecule is CCOc1ccc(Br)cc1S(=O)(=O)N1CCN(c2ccc(-c3ccccc3OC)nn2)CC1. The van der Waals surface area contributed by atoms with E-state index in [9.17, 15) is 8.42 Å². The van der Waals surface area contributed by atoms with Crippen LogP contribution < -0.4 is 14.4 Å². The van der Waals surface area contributed by atoms with Crippen molar-refractivity contribution in [3.63, 3.8) is 0 Å². The minimum Gasteiger partial charge on any atom is -0.496 e. The summed E-state index contributed by atoms with van der Waals surface area (Å²) in [6, 6.07) is 16.5. The molecular formula is C23H25BrN4O4S. The lowest BCUT2D eigenvalue weighted by atomic mass is 10.1. The van der Waals surface area contributed by atoms with Crippen LogP contribution >= 0.6 is 15.9 Å². The first kappa shape index (κ1) is 23.5. The molecule has 1 aliphatic heterocycles. The maximum Gasteiger partial charge on any atom is 0.246 e. The molecule has 2 heterocycles. The Bertz CT molecular complexity index is 1210. The number of nitrogens with zero attached hydrogens (tertiary/aromatic N) is 4. The molecule has 0 spiro atoms. The summed E-state index contributed by atoms with van der Waals surface area (Å²) in [6.07, 6.45) is 0. The van der Waals surface area contributed by atoms with Crippen molar-refractivity contribution in [2.24, 2.45) is 0 Å². The molecule has 1 saturated heterocycles. The van der Waals surface area contributed by atoms with Gasteiger partial charge in [0.05, 0.1) is 19.4 Å². The summed E-state index contributed by atoms with van der Waals surface area (Å²) in [4.78, 5) is 2.21. The smallest absolute Gasteiger partial charge is 0.246 e. The van der Waals surface area contributed by atoms with Crippen LogP contribution in [-0.4, -0.2) is 62.8 Å². The zero-order valence-corrected chi connectivity index (χ0v) is 20.8. The highest BCUT2D eigenvalue weighted by Gasteiger charge is 2.31. The summed E-state index contributed by atoms with van der Waals surface area (Å²) >= 11 is 3.37. The number of hydrogen-bond acceptors (Lipinski definition) is 7. The van der Waals surface area contributed by atoms with Gasteiger partial charge in [-0.15, -0.1) is 10.2 Å². The number of rotatable bonds is 7. The van der Waals surface area contributed by atoms with E-state index in [-0.39, 0.29) is 4.90 Å². The number of para-hydroxylation sites is 1. The second-order valence-electron chi connectivity index (χ2n) is 7.39. The molecule has 0 N–H and O–H groups in total. The molecule has 3 aromatic rings. The Morgan fingerprint density at radius 3 is 2.39 bits per heavy atom. The fourth-order valence-corrected chi connectivity index (χ4v) is 5.84. The predicted octanol–water partition coefficient (Wildman–Crippen LogP) is 3.82. The molecule has 33 heavy (non-hydrogen) atoms. The standard InChI is InChI=1S/C23H25BrN4O4S/c1-3-32-21-10-8-17(24)16-22(21)33(29,30)28-14-12-27(13-15-28)23-11-9-19(25-26-23)18-6-4-5-7-20(18)31-2/h4-11,16H,3,12-15H2,1-2H3. The number of piperazine rings is 1. The van der Waals surface area contributed by atoms with Gasteiger partial charge in [-0.3, -0.25) is 0 Å². The third kappa shape index (κ3) is 4.97. The lowest BCUT2D eigenvalue weighted by molar-refractivity contribution is 0.327. The van der Waals surface area contributed by atoms with Crippen molar-refractivity contribution in [2.75, 3.05) is 44.8 Å². The summed E-state index contributed by atoms with van der Waals surface area (Å²) in [7, 11) is -2.07. The summed E-state index contributed by atoms with van der Waals surface area (Å²) in [6.45, 7) is 3.94. The molecule has 8 nitrogen and oxygen atoms in total. The van der Waals surface area contributed by atoms with Gasteiger partial charge in [0.1, 0.15) is 16.4 Å². The Balaban J connectivity index is 1.47. The Labute approximate surface area is 202 Å². The van der Waals surface area contributed by atoms with Crippen molar-refractivity contribution in [3.05, 3.63) is 59.1 Å². The monoisotopic (exact) mass is 532 g/mol. The molecule has 0 aliphatic carbocycles. The zero-order valence-electron chi connectivity index (χ0n) is 18.4. The van der Waals surface area contributed by atoms with Crippen molar-refractivity contribution >= 4 is 31.8 Å². The van der Waals surface area contributed by atoms with E-state index in [1.54, 1.807) is 25.3 Å². The Morgan fingerprint density at radius 2 is 1.73 bits per heavy atom. The molecule has 1 aliphatic rings. The highest BCUT2D eigenvalue weighted by molar-refractivity contribution is 9.10. The van der Waals surface area contributed by atoms with Crippen LogP contribution in [-0.2, 0) is 10.0 Å². The first-order valence-electron chi connectivity index (χ1n) is 10.6. The molecule has 174 valence electrons. The fraction of sp³-hybridized carbons (Fsp3) is 0.304. The van der Waals surface area contributed by atoms with Gasteiger partial charge < -0.3 is 14.4 Å². The zero-order chi connectivity index (χ0) is 23.4. The normalized spacial score (nSPS) is 14.8. The van der Waals surface area contributed by atoms with Gasteiger partial charge in [-0.25, -0.2) is 8.42 Å². The van der Waals surface area contributed by atoms with E-state index < -0.39 is 10.0 Å². The maximum atomic E-state index is 13.3. The van der Waals surface area contributed by atoms with E-state index in [1.807, 2.05) is 48.2 Å². The number of methoxy groups -OCH3 is 1. The van der Waals surface area contributed by atoms with Crippen LogP contribution in [0.2, 0.25) is 0 Å². The predicted molar refractivity (Wildman–Crippen MR) is 130 cm³/mol. The minimum absolute atomic E-state index is 0.174. The van der Waals surface area contributed by atoms with Gasteiger partial charge in [-0.05, 0) is 49.4 Å². The van der Waals surface area contributed by atoms with E-state index in [0.717, 1.165) is 17.0 Å². The fourth-order valence-electron chi connectivity index (χ4n) is 3.75. The van der Waals surface area contributed by atoms with Crippen LogP contribution in [0.1, 0.15) is 6.92 Å². The van der Waals surface area contributed by atoms with Gasteiger partial charge in [0, 0.05) is 36.2 Å². The maximum absolute atomic E-state index is 13.3. The average Bonchev–Trinajstić information content (AvgIpc) is 2.85. The Morgan fingerprint density at radius 1 is 0.970 bits per heavy atom. The molecule has 2 aromatic carbocycles. The van der Waals surface area contributed by atoms with Gasteiger partial charge in [-0.2, -0.15) is 4.31 Å². The van der Waals surface area contributed by atoms with Crippen LogP contribution in [0.25, 0.3) is 11.3 Å². The van der Waals surface area contributed by atoms with E-state index in [2.05, 4.69) is 26.1 Å². The summed E-state index contributed by atoms with van der Waals surface area (Å²) in [5, 5.41) is 8.74. The lowest BCUT2D eigenvalue weighted by Crippen LogP contribution is -2.49. The molecule has 0 bridgehead atoms. The van der Waals surface area contributed by atoms with Crippen molar-refractivity contribution < 1.29 is 17.9 Å². The second kappa shape index (κ2) is 10.1. The van der Waals surface area contributed by atoms with Crippen LogP contribution in [0.3, 0.4) is 0 Å². The molecule has 1 aromatic heterocycles. The van der Waals surface area contributed by atoms with Gasteiger partial charge >= 0.3 is 0 Å². The molecule has 10 heteroatoms. The van der Waals surface area contributed by atoms with Crippen molar-refractivity contribution in [1.29, 1.82) is 0 Å². The van der Waals surface area contributed by atoms with Crippen LogP contribution in [0, 0.1) is 0 Å². The number of ether oxygens (including phenoxy) is 2. The number of halogens is 1. The van der Waals surface area contributed by atoms with Gasteiger partial charge in [0.2, 0.25) is 10.0 Å². The molecule has 0 atom stereocenters. The lowest BCUT2D eigenvalue weighted by Gasteiger charge is -2.34. The highest BCUT2D eigenvalue weighted by Crippen LogP contribution is 2.31. The molecule has 0 unspecified atom stereocenters. The van der Waals surface area contributed by atoms with Crippen molar-refractivity contribution in [3.8, 4) is 22.8 Å². The van der Waals surface area contributed by atoms with E-state index in [1.165, 1.54) is 4.31 Å². The average molecular weight is 533 g/mol. The van der Waals surface area contributed by atoms with Crippen molar-refractivity contribution in [1.82, 2.24) is 14.5 Å². The topological polar surface area (TPSA) is 84.9 Å². The number of aromatic nitrogens is 2. The third-order valence-corrected chi connectivity index (χ3v) is 7.83. The molecule has 1 fully saturated rings. The van der Waals surface area contributed by atoms with E-state index in [0.29, 0.717) is 48.8 Å². The molecule has 0 saturated carbocycles. The molecular weight excluding hydrogens is 508 g/mol. The number of sulfonamides is 1. The number of anilines is 1. The second-order valence-corrected chi connectivity index (χ2v) is 10.2. The van der Waals surface area contributed by atoms with Crippen LogP contribution in [0.15, 0.2) is 64.0 Å². The Kier molecular flexibility index (Phi) is 7.16. The van der Waals surface area contributed by atoms with Crippen molar-refractivity contribution in [2.45, 2.75) is 11.8 Å². The Hall–Kier alpha value is -2.69. The summed E-state index contributed by atoms with van der Waals surface area (Å²) in [5.74, 6) is 1.81. The summed E-state index contributed by atoms with van der Waals surface area (Å²) in [5.41, 5.74) is 1.59. The quantitative estimate of drug-likeness (QED) is 0.457. The number of hydrogen-bond donors (Lipinski definition) is 0. The van der Waals surface area contributed by atoms with Crippen LogP contribution in [0.4, 0.5) is 5.82 Å². The van der Waals surface area contributed by atoms with E-state index >= 15 is 0 Å². The minimum atomic E-state index is -3.69. The number of benzene rings is 2. The molecule has 0 radical (unpaired) electrons. The third-order valence-electron chi connectivity index (χ3n) is 5.42. The van der Waals surface area contributed by atoms with Gasteiger partial charge in [-0.1, -0.05) is 28.1 Å². The summed E-state index contributed by atoms with van der Waals surface area (Å²) < 4.78 is 39.8. The largest absolute Gasteiger partial charge is 0.496 e. The van der Waals surface area contributed by atoms with Crippen LogP contribution in [0.5, 0.6) is 11.5 Å². The first-order valence-corrected chi connectivity index (χ1v) is 12.8.